The highest BCUT2D eigenvalue weighted by Gasteiger charge is 2.23. The summed E-state index contributed by atoms with van der Waals surface area (Å²) in [5.74, 6) is 1.31. The van der Waals surface area contributed by atoms with Crippen molar-refractivity contribution in [3.8, 4) is 35.3 Å². The lowest BCUT2D eigenvalue weighted by molar-refractivity contribution is -0.419. The molecule has 24 nitrogen and oxygen atoms in total. The number of fused-ring (bicyclic) bond motifs is 8. The largest absolute Gasteiger partial charge is 0.507 e. The Morgan fingerprint density at radius 2 is 0.937 bits per heavy atom. The molecule has 0 unspecified atom stereocenters. The molecule has 0 saturated heterocycles. The Labute approximate surface area is 448 Å². The van der Waals surface area contributed by atoms with Gasteiger partial charge in [-0.3, -0.25) is 40.5 Å². The Balaban J connectivity index is 1.29. The molecule has 3 aliphatic carbocycles. The van der Waals surface area contributed by atoms with E-state index in [1.54, 1.807) is 24.3 Å². The third-order valence-electron chi connectivity index (χ3n) is 12.7. The molecule has 0 fully saturated rings. The maximum absolute atomic E-state index is 12.3. The van der Waals surface area contributed by atoms with Gasteiger partial charge < -0.3 is 20.4 Å². The molecule has 8 rings (SSSR count). The molecule has 0 aromatic heterocycles. The standard InChI is InChI=1S/C55H46N12O12/c1-3-8-48(64(72)73)17-32(2)56-60-46-25-37-18-35-23-44(61-57-41-11-7-12-49(29-41)65(74)75)21-33(52(35)68)9-5-4-6-10-34-22-45(62-58-42-13-15-50(30-42)66(76)77)24-36(53(34)69)19-38-27-47(63-59-43-14-16-51(31-43)67(78)79)28-40(55(38)71)20-39(26-46)54(37)70/h1,7-8,11-12,15-17,21-31,68-71H,4-6,9-10,13-14,18-20H2,2H3/b32-17+,48-8+,60-56?,61-57?,62-58?,63-59?. The smallest absolute Gasteiger partial charge is 0.279 e. The molecular formula is C55H46N12O12. The average Bonchev–Trinajstić information content (AvgIpc) is 4.12. The Bertz CT molecular complexity index is 3730. The van der Waals surface area contributed by atoms with Crippen LogP contribution in [0.1, 0.15) is 83.5 Å². The third-order valence-corrected chi connectivity index (χ3v) is 12.7. The second kappa shape index (κ2) is 24.3. The van der Waals surface area contributed by atoms with E-state index in [2.05, 4.69) is 46.8 Å². The van der Waals surface area contributed by atoms with E-state index in [0.29, 0.717) is 60.2 Å². The van der Waals surface area contributed by atoms with Crippen LogP contribution in [0.2, 0.25) is 0 Å². The number of benzene rings is 5. The zero-order chi connectivity index (χ0) is 56.3. The van der Waals surface area contributed by atoms with Crippen molar-refractivity contribution in [2.24, 2.45) is 40.9 Å². The third kappa shape index (κ3) is 13.8. The Hall–Kier alpha value is -10.7. The fourth-order valence-corrected chi connectivity index (χ4v) is 8.84. The maximum Gasteiger partial charge on any atom is 0.279 e. The lowest BCUT2D eigenvalue weighted by Gasteiger charge is -2.17. The van der Waals surface area contributed by atoms with Gasteiger partial charge in [0.15, 0.2) is 0 Å². The van der Waals surface area contributed by atoms with E-state index in [0.717, 1.165) is 12.2 Å². The van der Waals surface area contributed by atoms with Crippen LogP contribution in [0, 0.1) is 52.8 Å². The van der Waals surface area contributed by atoms with Crippen LogP contribution in [-0.4, -0.2) is 40.1 Å². The highest BCUT2D eigenvalue weighted by molar-refractivity contribution is 5.62. The fraction of sp³-hybridized carbons (Fsp3) is 0.200. The molecule has 0 radical (unpaired) electrons. The van der Waals surface area contributed by atoms with Gasteiger partial charge in [-0.15, -0.1) is 6.42 Å². The van der Waals surface area contributed by atoms with Gasteiger partial charge in [0.2, 0.25) is 0 Å². The van der Waals surface area contributed by atoms with E-state index < -0.39 is 25.4 Å². The number of aryl methyl sites for hydroxylation is 2. The van der Waals surface area contributed by atoms with Gasteiger partial charge in [0, 0.05) is 95.8 Å². The van der Waals surface area contributed by atoms with Gasteiger partial charge in [-0.2, -0.15) is 40.9 Å². The number of nitro groups is 4. The molecule has 5 aromatic carbocycles. The molecule has 0 saturated carbocycles. The van der Waals surface area contributed by atoms with Crippen molar-refractivity contribution in [1.82, 2.24) is 0 Å². The molecule has 398 valence electrons. The van der Waals surface area contributed by atoms with Crippen molar-refractivity contribution >= 4 is 34.1 Å². The van der Waals surface area contributed by atoms with Gasteiger partial charge in [-0.05, 0) is 110 Å². The lowest BCUT2D eigenvalue weighted by Crippen LogP contribution is -2.00. The number of non-ortho nitro benzene ring substituents is 1. The molecular weight excluding hydrogens is 1020 g/mol. The first-order chi connectivity index (χ1) is 37.9. The van der Waals surface area contributed by atoms with Crippen LogP contribution in [-0.2, 0) is 32.1 Å². The molecule has 4 N–H and O–H groups in total. The minimum Gasteiger partial charge on any atom is -0.507 e. The van der Waals surface area contributed by atoms with Crippen molar-refractivity contribution < 1.29 is 40.1 Å². The summed E-state index contributed by atoms with van der Waals surface area (Å²) in [5.41, 5.74) is 3.12. The van der Waals surface area contributed by atoms with Crippen molar-refractivity contribution in [2.45, 2.75) is 71.1 Å². The molecule has 0 aliphatic heterocycles. The SMILES string of the molecule is C#C/C=C(\C=C(/C)N=Nc1cc2c(O)c(c1)Cc1cc(N=NC3=CC([N+](=O)[O-])=CC3)cc(c1O)Cc1cc(N=NC3=CC([N+](=O)[O-])=CC3)cc(c1O)CCCCCc1cc(N=Nc3cccc([N+](=O)[O-])c3)cc(c1O)C2)[N+](=O)[O-]. The number of hydrogen-bond acceptors (Lipinski definition) is 20. The van der Waals surface area contributed by atoms with Crippen LogP contribution in [0.25, 0.3) is 0 Å². The molecule has 0 heterocycles. The summed E-state index contributed by atoms with van der Waals surface area (Å²) in [7, 11) is 0. The summed E-state index contributed by atoms with van der Waals surface area (Å²) in [4.78, 5) is 43.8. The molecule has 0 atom stereocenters. The zero-order valence-corrected chi connectivity index (χ0v) is 42.0. The first kappa shape index (κ1) is 54.6. The summed E-state index contributed by atoms with van der Waals surface area (Å²) in [6.07, 6.45) is 14.8. The quantitative estimate of drug-likeness (QED) is 0.0281. The topological polar surface area (TPSA) is 352 Å². The normalized spacial score (nSPS) is 15.2. The van der Waals surface area contributed by atoms with E-state index >= 15 is 0 Å². The number of phenolic OH excluding ortho intramolecular Hbond substituents is 4. The van der Waals surface area contributed by atoms with E-state index in [4.69, 9.17) is 6.42 Å². The first-order valence-electron chi connectivity index (χ1n) is 24.3. The highest BCUT2D eigenvalue weighted by Crippen LogP contribution is 2.42. The average molecular weight is 1070 g/mol. The maximum atomic E-state index is 12.3. The number of rotatable bonds is 13. The van der Waals surface area contributed by atoms with Gasteiger partial charge in [-0.1, -0.05) is 18.4 Å². The van der Waals surface area contributed by atoms with Crippen molar-refractivity contribution in [3.63, 3.8) is 0 Å². The van der Waals surface area contributed by atoms with Crippen LogP contribution in [0.5, 0.6) is 23.0 Å². The number of phenols is 4. The molecule has 79 heavy (non-hydrogen) atoms. The first-order valence-corrected chi connectivity index (χ1v) is 24.3. The van der Waals surface area contributed by atoms with E-state index in [-0.39, 0.29) is 134 Å². The molecule has 3 aliphatic rings. The summed E-state index contributed by atoms with van der Waals surface area (Å²) in [6, 6.07) is 17.9. The fourth-order valence-electron chi connectivity index (χ4n) is 8.84. The van der Waals surface area contributed by atoms with Gasteiger partial charge in [0.1, 0.15) is 23.0 Å². The predicted octanol–water partition coefficient (Wildman–Crippen LogP) is 13.7. The predicted molar refractivity (Wildman–Crippen MR) is 286 cm³/mol. The Kier molecular flexibility index (Phi) is 16.8. The van der Waals surface area contributed by atoms with Gasteiger partial charge in [-0.25, -0.2) is 0 Å². The molecule has 5 aromatic rings. The second-order valence-electron chi connectivity index (χ2n) is 18.3. The molecule has 0 spiro atoms. The van der Waals surface area contributed by atoms with E-state index in [9.17, 15) is 60.9 Å². The van der Waals surface area contributed by atoms with Crippen molar-refractivity contribution in [1.29, 1.82) is 0 Å². The summed E-state index contributed by atoms with van der Waals surface area (Å²) in [5, 5.41) is 129. The second-order valence-corrected chi connectivity index (χ2v) is 18.3. The summed E-state index contributed by atoms with van der Waals surface area (Å²) >= 11 is 0. The Morgan fingerprint density at radius 1 is 0.532 bits per heavy atom. The van der Waals surface area contributed by atoms with Gasteiger partial charge >= 0.3 is 0 Å². The van der Waals surface area contributed by atoms with Gasteiger partial charge in [0.25, 0.3) is 22.8 Å². The van der Waals surface area contributed by atoms with Gasteiger partial charge in [0.05, 0.1) is 71.3 Å². The zero-order valence-electron chi connectivity index (χ0n) is 42.0. The summed E-state index contributed by atoms with van der Waals surface area (Å²) in [6.45, 7) is 1.46. The van der Waals surface area contributed by atoms with E-state index in [1.807, 2.05) is 0 Å². The minimum absolute atomic E-state index is 0.0819. The van der Waals surface area contributed by atoms with Crippen LogP contribution < -0.4 is 0 Å². The number of terminal acetylenes is 1. The molecule has 0 amide bonds. The van der Waals surface area contributed by atoms with Crippen molar-refractivity contribution in [3.05, 3.63) is 228 Å². The number of aromatic hydroxyl groups is 4. The minimum atomic E-state index is -0.688. The van der Waals surface area contributed by atoms with E-state index in [1.165, 1.54) is 79.8 Å². The Morgan fingerprint density at radius 3 is 1.34 bits per heavy atom. The monoisotopic (exact) mass is 1070 g/mol. The number of hydrogen-bond donors (Lipinski definition) is 4. The number of nitro benzene ring substituents is 1. The van der Waals surface area contributed by atoms with Crippen LogP contribution in [0.3, 0.4) is 0 Å². The van der Waals surface area contributed by atoms with Crippen LogP contribution in [0.4, 0.5) is 34.1 Å². The summed E-state index contributed by atoms with van der Waals surface area (Å²) < 4.78 is 0. The highest BCUT2D eigenvalue weighted by atomic mass is 16.6. The number of nitrogens with zero attached hydrogens (tertiary/aromatic N) is 12. The molecule has 8 bridgehead atoms. The number of allylic oxidation sites excluding steroid dienone is 7. The molecule has 24 heteroatoms. The van der Waals surface area contributed by atoms with Crippen LogP contribution in [0.15, 0.2) is 184 Å². The van der Waals surface area contributed by atoms with Crippen LogP contribution >= 0.6 is 0 Å². The van der Waals surface area contributed by atoms with Crippen molar-refractivity contribution in [2.75, 3.05) is 0 Å². The number of azo groups is 4. The lowest BCUT2D eigenvalue weighted by atomic mass is 9.91.